The molecule has 0 aliphatic carbocycles. The molecule has 0 bridgehead atoms. The summed E-state index contributed by atoms with van der Waals surface area (Å²) in [6.07, 6.45) is 0. The van der Waals surface area contributed by atoms with Crippen LogP contribution in [0.1, 0.15) is 31.8 Å². The van der Waals surface area contributed by atoms with E-state index >= 15 is 0 Å². The second-order valence-corrected chi connectivity index (χ2v) is 7.86. The van der Waals surface area contributed by atoms with Gasteiger partial charge in [-0.1, -0.05) is 66.7 Å². The standard InChI is InChI=1S/C29H18N2O3/c30-17-20-12-14-26(23-10-4-3-9-22(20)23)31-29(34)25-16-19(13-15-27(25)32)28(33)24-11-5-7-18-6-1-2-8-21(18)24/h1-16,32H,(H,31,34). The number of aromatic hydroxyl groups is 1. The fraction of sp³-hybridized carbons (Fsp3) is 0. The van der Waals surface area contributed by atoms with Crippen molar-refractivity contribution in [2.45, 2.75) is 0 Å². The Morgan fingerprint density at radius 1 is 0.735 bits per heavy atom. The second-order valence-electron chi connectivity index (χ2n) is 7.86. The Morgan fingerprint density at radius 3 is 2.24 bits per heavy atom. The Labute approximate surface area is 195 Å². The van der Waals surface area contributed by atoms with Crippen LogP contribution in [-0.4, -0.2) is 16.8 Å². The molecule has 34 heavy (non-hydrogen) atoms. The van der Waals surface area contributed by atoms with E-state index in [1.807, 2.05) is 60.7 Å². The highest BCUT2D eigenvalue weighted by molar-refractivity contribution is 6.18. The van der Waals surface area contributed by atoms with E-state index in [0.29, 0.717) is 33.2 Å². The Morgan fingerprint density at radius 2 is 1.44 bits per heavy atom. The minimum Gasteiger partial charge on any atom is -0.507 e. The van der Waals surface area contributed by atoms with Crippen LogP contribution in [0, 0.1) is 11.3 Å². The number of hydrogen-bond donors (Lipinski definition) is 2. The summed E-state index contributed by atoms with van der Waals surface area (Å²) in [5.41, 5.74) is 1.81. The van der Waals surface area contributed by atoms with Crippen molar-refractivity contribution in [1.82, 2.24) is 0 Å². The second kappa shape index (κ2) is 8.53. The van der Waals surface area contributed by atoms with Crippen LogP contribution >= 0.6 is 0 Å². The molecule has 5 rings (SSSR count). The van der Waals surface area contributed by atoms with Crippen LogP contribution in [0.2, 0.25) is 0 Å². The molecule has 5 aromatic rings. The average Bonchev–Trinajstić information content (AvgIpc) is 2.88. The number of nitrogens with one attached hydrogen (secondary N) is 1. The van der Waals surface area contributed by atoms with E-state index in [2.05, 4.69) is 11.4 Å². The van der Waals surface area contributed by atoms with Gasteiger partial charge >= 0.3 is 0 Å². The number of phenols is 1. The summed E-state index contributed by atoms with van der Waals surface area (Å²) >= 11 is 0. The van der Waals surface area contributed by atoms with Crippen LogP contribution in [0.4, 0.5) is 5.69 Å². The van der Waals surface area contributed by atoms with Crippen LogP contribution in [0.15, 0.2) is 97.1 Å². The predicted molar refractivity (Wildman–Crippen MR) is 132 cm³/mol. The van der Waals surface area contributed by atoms with Gasteiger partial charge in [-0.25, -0.2) is 0 Å². The summed E-state index contributed by atoms with van der Waals surface area (Å²) in [7, 11) is 0. The van der Waals surface area contributed by atoms with Crippen LogP contribution in [0.3, 0.4) is 0 Å². The van der Waals surface area contributed by atoms with Gasteiger partial charge in [0.05, 0.1) is 17.2 Å². The molecular weight excluding hydrogens is 424 g/mol. The normalized spacial score (nSPS) is 10.7. The predicted octanol–water partition coefficient (Wildman–Crippen LogP) is 6.05. The zero-order valence-electron chi connectivity index (χ0n) is 17.9. The molecule has 0 aliphatic rings. The first-order valence-corrected chi connectivity index (χ1v) is 10.7. The van der Waals surface area contributed by atoms with Crippen molar-refractivity contribution in [1.29, 1.82) is 5.26 Å². The van der Waals surface area contributed by atoms with Crippen molar-refractivity contribution in [2.75, 3.05) is 5.32 Å². The van der Waals surface area contributed by atoms with Gasteiger partial charge in [-0.2, -0.15) is 5.26 Å². The lowest BCUT2D eigenvalue weighted by molar-refractivity contribution is 0.102. The fourth-order valence-electron chi connectivity index (χ4n) is 4.13. The van der Waals surface area contributed by atoms with Crippen LogP contribution in [0.5, 0.6) is 5.75 Å². The van der Waals surface area contributed by atoms with E-state index in [1.54, 1.807) is 18.2 Å². The highest BCUT2D eigenvalue weighted by Crippen LogP contribution is 2.29. The third-order valence-corrected chi connectivity index (χ3v) is 5.83. The Hall–Kier alpha value is -4.95. The average molecular weight is 442 g/mol. The molecular formula is C29H18N2O3. The van der Waals surface area contributed by atoms with E-state index in [1.165, 1.54) is 18.2 Å². The largest absolute Gasteiger partial charge is 0.507 e. The minimum atomic E-state index is -0.556. The Bertz CT molecular complexity index is 1640. The third-order valence-electron chi connectivity index (χ3n) is 5.83. The van der Waals surface area contributed by atoms with Gasteiger partial charge in [0.15, 0.2) is 5.78 Å². The first-order valence-electron chi connectivity index (χ1n) is 10.7. The van der Waals surface area contributed by atoms with Gasteiger partial charge in [0.2, 0.25) is 0 Å². The number of rotatable bonds is 4. The third kappa shape index (κ3) is 3.64. The first-order chi connectivity index (χ1) is 16.6. The highest BCUT2D eigenvalue weighted by atomic mass is 16.3. The van der Waals surface area contributed by atoms with Gasteiger partial charge in [0, 0.05) is 27.6 Å². The number of fused-ring (bicyclic) bond motifs is 2. The van der Waals surface area contributed by atoms with Gasteiger partial charge in [-0.3, -0.25) is 9.59 Å². The Kier molecular flexibility index (Phi) is 5.25. The molecule has 162 valence electrons. The summed E-state index contributed by atoms with van der Waals surface area (Å²) in [6, 6.07) is 30.1. The summed E-state index contributed by atoms with van der Waals surface area (Å²) in [5, 5.41) is 25.7. The maximum atomic E-state index is 13.3. The number of ketones is 1. The Balaban J connectivity index is 1.51. The van der Waals surface area contributed by atoms with Crippen molar-refractivity contribution < 1.29 is 14.7 Å². The fourth-order valence-corrected chi connectivity index (χ4v) is 4.13. The van der Waals surface area contributed by atoms with Crippen molar-refractivity contribution in [3.63, 3.8) is 0 Å². The molecule has 5 heteroatoms. The molecule has 5 aromatic carbocycles. The zero-order chi connectivity index (χ0) is 23.7. The van der Waals surface area contributed by atoms with Crippen molar-refractivity contribution in [3.8, 4) is 11.8 Å². The molecule has 0 heterocycles. The van der Waals surface area contributed by atoms with E-state index in [9.17, 15) is 20.0 Å². The van der Waals surface area contributed by atoms with Crippen molar-refractivity contribution >= 4 is 38.9 Å². The summed E-state index contributed by atoms with van der Waals surface area (Å²) in [5.74, 6) is -1.03. The van der Waals surface area contributed by atoms with Gasteiger partial charge in [-0.15, -0.1) is 0 Å². The van der Waals surface area contributed by atoms with Gasteiger partial charge in [-0.05, 0) is 41.1 Å². The quantitative estimate of drug-likeness (QED) is 0.331. The number of nitrogens with zero attached hydrogens (tertiary/aromatic N) is 1. The van der Waals surface area contributed by atoms with Crippen LogP contribution in [-0.2, 0) is 0 Å². The lowest BCUT2D eigenvalue weighted by Gasteiger charge is -2.12. The topological polar surface area (TPSA) is 90.2 Å². The number of hydrogen-bond acceptors (Lipinski definition) is 4. The smallest absolute Gasteiger partial charge is 0.259 e. The minimum absolute atomic E-state index is 0.0143. The molecule has 2 N–H and O–H groups in total. The van der Waals surface area contributed by atoms with Gasteiger partial charge < -0.3 is 10.4 Å². The molecule has 5 nitrogen and oxygen atoms in total. The zero-order valence-corrected chi connectivity index (χ0v) is 17.9. The van der Waals surface area contributed by atoms with Crippen LogP contribution < -0.4 is 5.32 Å². The maximum absolute atomic E-state index is 13.3. The first kappa shape index (κ1) is 20.9. The molecule has 1 amide bonds. The van der Waals surface area contributed by atoms with Gasteiger partial charge in [0.25, 0.3) is 5.91 Å². The number of carbonyl (C=O) groups excluding carboxylic acids is 2. The van der Waals surface area contributed by atoms with Crippen molar-refractivity contribution in [3.05, 3.63) is 119 Å². The lowest BCUT2D eigenvalue weighted by Crippen LogP contribution is -2.14. The molecule has 0 unspecified atom stereocenters. The molecule has 0 aromatic heterocycles. The number of phenolic OH excluding ortho intramolecular Hbond substituents is 1. The van der Waals surface area contributed by atoms with E-state index in [0.717, 1.165) is 10.8 Å². The molecule has 0 fully saturated rings. The molecule has 0 spiro atoms. The molecule has 0 saturated carbocycles. The number of anilines is 1. The monoisotopic (exact) mass is 442 g/mol. The van der Waals surface area contributed by atoms with Gasteiger partial charge in [0.1, 0.15) is 5.75 Å². The SMILES string of the molecule is N#Cc1ccc(NC(=O)c2cc(C(=O)c3cccc4ccccc34)ccc2O)c2ccccc12. The molecule has 0 atom stereocenters. The molecule has 0 aliphatic heterocycles. The van der Waals surface area contributed by atoms with E-state index < -0.39 is 5.91 Å². The number of carbonyl (C=O) groups is 2. The maximum Gasteiger partial charge on any atom is 0.259 e. The van der Waals surface area contributed by atoms with E-state index in [4.69, 9.17) is 0 Å². The molecule has 0 radical (unpaired) electrons. The van der Waals surface area contributed by atoms with E-state index in [-0.39, 0.29) is 17.1 Å². The highest BCUT2D eigenvalue weighted by Gasteiger charge is 2.18. The van der Waals surface area contributed by atoms with Crippen LogP contribution in [0.25, 0.3) is 21.5 Å². The summed E-state index contributed by atoms with van der Waals surface area (Å²) in [4.78, 5) is 26.4. The summed E-state index contributed by atoms with van der Waals surface area (Å²) < 4.78 is 0. The summed E-state index contributed by atoms with van der Waals surface area (Å²) in [6.45, 7) is 0. The number of amides is 1. The number of nitriles is 1. The number of benzene rings is 5. The lowest BCUT2D eigenvalue weighted by atomic mass is 9.96. The molecule has 0 saturated heterocycles. The van der Waals surface area contributed by atoms with Crippen molar-refractivity contribution in [2.24, 2.45) is 0 Å².